The van der Waals surface area contributed by atoms with Gasteiger partial charge in [-0.1, -0.05) is 19.1 Å². The van der Waals surface area contributed by atoms with Crippen molar-refractivity contribution in [1.82, 2.24) is 15.1 Å². The van der Waals surface area contributed by atoms with Crippen molar-refractivity contribution in [2.24, 2.45) is 5.92 Å². The zero-order valence-electron chi connectivity index (χ0n) is 21.1. The summed E-state index contributed by atoms with van der Waals surface area (Å²) in [6.07, 6.45) is -0.569. The molecular formula is C24H34N4O6S2. The van der Waals surface area contributed by atoms with Crippen LogP contribution in [0.2, 0.25) is 0 Å². The predicted molar refractivity (Wildman–Crippen MR) is 139 cm³/mol. The number of carbonyl (C=O) groups is 2. The quantitative estimate of drug-likeness (QED) is 0.474. The van der Waals surface area contributed by atoms with Gasteiger partial charge >= 0.3 is 6.03 Å². The summed E-state index contributed by atoms with van der Waals surface area (Å²) in [6, 6.07) is 7.02. The van der Waals surface area contributed by atoms with Crippen molar-refractivity contribution in [2.45, 2.75) is 50.1 Å². The molecule has 3 N–H and O–H groups in total. The average molecular weight is 539 g/mol. The second-order valence-electron chi connectivity index (χ2n) is 9.33. The third-order valence-electron chi connectivity index (χ3n) is 5.91. The monoisotopic (exact) mass is 538 g/mol. The van der Waals surface area contributed by atoms with Crippen LogP contribution >= 0.6 is 11.3 Å². The number of rotatable bonds is 8. The van der Waals surface area contributed by atoms with Crippen molar-refractivity contribution < 1.29 is 27.9 Å². The predicted octanol–water partition coefficient (Wildman–Crippen LogP) is 2.82. The molecule has 198 valence electrons. The molecule has 10 nitrogen and oxygen atoms in total. The number of urea groups is 1. The molecule has 0 spiro atoms. The molecular weight excluding hydrogens is 504 g/mol. The Labute approximate surface area is 216 Å². The van der Waals surface area contributed by atoms with E-state index < -0.39 is 22.2 Å². The second-order valence-corrected chi connectivity index (χ2v) is 12.2. The molecule has 1 aromatic carbocycles. The number of aliphatic hydroxyl groups is 1. The smallest absolute Gasteiger partial charge is 0.317 e. The molecule has 3 amide bonds. The first-order valence-electron chi connectivity index (χ1n) is 11.7. The zero-order valence-corrected chi connectivity index (χ0v) is 22.7. The number of likely N-dealkylation sites (N-methyl/N-ethyl adjacent to an activating group) is 1. The maximum Gasteiger partial charge on any atom is 0.317 e. The molecule has 0 unspecified atom stereocenters. The van der Waals surface area contributed by atoms with Gasteiger partial charge in [-0.15, -0.1) is 11.3 Å². The Morgan fingerprint density at radius 3 is 2.61 bits per heavy atom. The highest BCUT2D eigenvalue weighted by molar-refractivity contribution is 7.94. The fourth-order valence-corrected chi connectivity index (χ4v) is 5.92. The molecule has 36 heavy (non-hydrogen) atoms. The van der Waals surface area contributed by atoms with Crippen LogP contribution in [0.5, 0.6) is 5.75 Å². The van der Waals surface area contributed by atoms with Crippen molar-refractivity contribution >= 4 is 39.0 Å². The van der Waals surface area contributed by atoms with E-state index in [9.17, 15) is 23.1 Å². The molecule has 1 aliphatic heterocycles. The Balaban J connectivity index is 2.04. The third kappa shape index (κ3) is 6.29. The van der Waals surface area contributed by atoms with E-state index in [0.717, 1.165) is 11.3 Å². The SMILES string of the molecule is CC(C)NC(=O)N(C)C[C@@H]1Oc2c(NS(=O)(=O)c3cccs3)cccc2C(=O)N([C@@H](C)CO)C[C@H]1C. The van der Waals surface area contributed by atoms with Crippen LogP contribution < -0.4 is 14.8 Å². The van der Waals surface area contributed by atoms with Gasteiger partial charge in [-0.05, 0) is 44.4 Å². The van der Waals surface area contributed by atoms with E-state index in [1.807, 2.05) is 20.8 Å². The van der Waals surface area contributed by atoms with Gasteiger partial charge in [0.15, 0.2) is 5.75 Å². The highest BCUT2D eigenvalue weighted by Crippen LogP contribution is 2.36. The number of nitrogens with one attached hydrogen (secondary N) is 2. The van der Waals surface area contributed by atoms with Gasteiger partial charge in [-0.3, -0.25) is 9.52 Å². The Kier molecular flexibility index (Phi) is 8.85. The molecule has 3 atom stereocenters. The average Bonchev–Trinajstić information content (AvgIpc) is 3.36. The highest BCUT2D eigenvalue weighted by Gasteiger charge is 2.35. The fraction of sp³-hybridized carbons (Fsp3) is 0.500. The summed E-state index contributed by atoms with van der Waals surface area (Å²) in [4.78, 5) is 29.1. The normalized spacial score (nSPS) is 19.1. The highest BCUT2D eigenvalue weighted by atomic mass is 32.2. The number of anilines is 1. The molecule has 2 aromatic rings. The lowest BCUT2D eigenvalue weighted by Crippen LogP contribution is -2.51. The van der Waals surface area contributed by atoms with Crippen molar-refractivity contribution in [1.29, 1.82) is 0 Å². The summed E-state index contributed by atoms with van der Waals surface area (Å²) < 4.78 is 35.0. The van der Waals surface area contributed by atoms with Gasteiger partial charge in [0.1, 0.15) is 10.3 Å². The van der Waals surface area contributed by atoms with E-state index in [1.165, 1.54) is 17.0 Å². The Morgan fingerprint density at radius 1 is 1.28 bits per heavy atom. The van der Waals surface area contributed by atoms with E-state index >= 15 is 0 Å². The van der Waals surface area contributed by atoms with Crippen molar-refractivity contribution in [2.75, 3.05) is 31.5 Å². The van der Waals surface area contributed by atoms with E-state index in [2.05, 4.69) is 10.0 Å². The molecule has 0 radical (unpaired) electrons. The van der Waals surface area contributed by atoms with Gasteiger partial charge in [0, 0.05) is 25.6 Å². The number of aliphatic hydroxyl groups excluding tert-OH is 1. The number of para-hydroxylation sites is 1. The van der Waals surface area contributed by atoms with Crippen LogP contribution in [0, 0.1) is 5.92 Å². The first-order chi connectivity index (χ1) is 16.9. The zero-order chi connectivity index (χ0) is 26.6. The first-order valence-corrected chi connectivity index (χ1v) is 14.1. The second kappa shape index (κ2) is 11.5. The minimum atomic E-state index is -3.91. The number of fused-ring (bicyclic) bond motifs is 1. The summed E-state index contributed by atoms with van der Waals surface area (Å²) in [5, 5.41) is 14.3. The molecule has 0 fully saturated rings. The molecule has 1 aromatic heterocycles. The lowest BCUT2D eigenvalue weighted by atomic mass is 9.99. The molecule has 1 aliphatic rings. The topological polar surface area (TPSA) is 128 Å². The van der Waals surface area contributed by atoms with Crippen molar-refractivity contribution in [3.8, 4) is 5.75 Å². The molecule has 3 rings (SSSR count). The van der Waals surface area contributed by atoms with Crippen LogP contribution in [0.3, 0.4) is 0 Å². The van der Waals surface area contributed by atoms with Crippen LogP contribution in [0.25, 0.3) is 0 Å². The molecule has 2 heterocycles. The standard InChI is InChI=1S/C24H34N4O6S2/c1-15(2)25-24(31)27(5)13-20-16(3)12-28(17(4)14-29)23(30)18-8-6-9-19(22(18)34-20)26-36(32,33)21-10-7-11-35-21/h6-11,15-17,20,26,29H,12-14H2,1-5H3,(H,25,31)/t16-,17+,20+/m1/s1. The Hall–Kier alpha value is -2.83. The fourth-order valence-electron chi connectivity index (χ4n) is 3.86. The summed E-state index contributed by atoms with van der Waals surface area (Å²) in [6.45, 7) is 7.61. The van der Waals surface area contributed by atoms with Crippen molar-refractivity contribution in [3.63, 3.8) is 0 Å². The molecule has 0 saturated heterocycles. The Morgan fingerprint density at radius 2 is 2.00 bits per heavy atom. The van der Waals surface area contributed by atoms with E-state index in [0.29, 0.717) is 0 Å². The van der Waals surface area contributed by atoms with Crippen molar-refractivity contribution in [3.05, 3.63) is 41.3 Å². The van der Waals surface area contributed by atoms with Crippen LogP contribution in [0.1, 0.15) is 38.1 Å². The van der Waals surface area contributed by atoms with Crippen LogP contribution in [0.15, 0.2) is 39.9 Å². The maximum atomic E-state index is 13.5. The minimum Gasteiger partial charge on any atom is -0.485 e. The summed E-state index contributed by atoms with van der Waals surface area (Å²) >= 11 is 1.07. The number of hydrogen-bond acceptors (Lipinski definition) is 7. The largest absolute Gasteiger partial charge is 0.485 e. The van der Waals surface area contributed by atoms with Gasteiger partial charge in [0.05, 0.1) is 30.4 Å². The van der Waals surface area contributed by atoms with Gasteiger partial charge in [-0.25, -0.2) is 13.2 Å². The maximum absolute atomic E-state index is 13.5. The number of carbonyl (C=O) groups excluding carboxylic acids is 2. The van der Waals surface area contributed by atoms with Crippen LogP contribution in [0.4, 0.5) is 10.5 Å². The number of benzene rings is 1. The number of sulfonamides is 1. The summed E-state index contributed by atoms with van der Waals surface area (Å²) in [5.74, 6) is -0.528. The van der Waals surface area contributed by atoms with Gasteiger partial charge in [0.2, 0.25) is 0 Å². The van der Waals surface area contributed by atoms with E-state index in [-0.39, 0.29) is 64.8 Å². The lowest BCUT2D eigenvalue weighted by molar-refractivity contribution is 0.0369. The summed E-state index contributed by atoms with van der Waals surface area (Å²) in [7, 11) is -2.26. The van der Waals surface area contributed by atoms with E-state index in [4.69, 9.17) is 4.74 Å². The van der Waals surface area contributed by atoms with E-state index in [1.54, 1.807) is 42.5 Å². The van der Waals surface area contributed by atoms with Gasteiger partial charge in [-0.2, -0.15) is 0 Å². The minimum absolute atomic E-state index is 0.0480. The molecule has 0 aliphatic carbocycles. The van der Waals surface area contributed by atoms with Gasteiger partial charge < -0.3 is 25.0 Å². The number of thiophene rings is 1. The van der Waals surface area contributed by atoms with Crippen LogP contribution in [-0.4, -0.2) is 80.2 Å². The number of hydrogen-bond donors (Lipinski definition) is 3. The number of nitrogens with zero attached hydrogens (tertiary/aromatic N) is 2. The number of ether oxygens (including phenoxy) is 1. The molecule has 0 saturated carbocycles. The lowest BCUT2D eigenvalue weighted by Gasteiger charge is -2.38. The summed E-state index contributed by atoms with van der Waals surface area (Å²) in [5.41, 5.74) is 0.298. The Bertz CT molecular complexity index is 1170. The van der Waals surface area contributed by atoms with Gasteiger partial charge in [0.25, 0.3) is 15.9 Å². The molecule has 0 bridgehead atoms. The third-order valence-corrected chi connectivity index (χ3v) is 8.67. The first kappa shape index (κ1) is 27.8. The number of amides is 3. The molecule has 12 heteroatoms. The van der Waals surface area contributed by atoms with Crippen LogP contribution in [-0.2, 0) is 10.0 Å².